The maximum absolute atomic E-state index is 10.9. The summed E-state index contributed by atoms with van der Waals surface area (Å²) in [7, 11) is 13.9. The zero-order valence-electron chi connectivity index (χ0n) is 40.5. The van der Waals surface area contributed by atoms with E-state index >= 15 is 0 Å². The number of hydrogen-bond donors (Lipinski definition) is 2. The predicted octanol–water partition coefficient (Wildman–Crippen LogP) is 15.7. The first-order valence-corrected chi connectivity index (χ1v) is 27.9. The molecular formula is C50H77Cl2N5O2Zr. The molecule has 0 radical (unpaired) electrons. The average molecular weight is 942 g/mol. The Morgan fingerprint density at radius 1 is 0.500 bits per heavy atom. The SMILES string of the molecule is CC(C)c1cc(C(C)C)c(-c2cc(N(C)C)cc(N(O)C(C)(C)C)n2)c(C(C)C)c1.CC(C)c1cc(C(C)C)c(-c2cccc(N(O)C(C)(C)C)n2)c(C(C)C)c1.[Cl][Zr][Cl]. The molecule has 2 aromatic heterocycles. The topological polar surface area (TPSA) is 76.0 Å². The second kappa shape index (κ2) is 22.7. The molecule has 0 spiro atoms. The molecule has 2 heterocycles. The molecule has 0 bridgehead atoms. The van der Waals surface area contributed by atoms with Crippen molar-refractivity contribution in [2.45, 2.75) is 171 Å². The van der Waals surface area contributed by atoms with Crippen molar-refractivity contribution < 1.29 is 31.3 Å². The van der Waals surface area contributed by atoms with Gasteiger partial charge < -0.3 is 4.90 Å². The minimum absolute atomic E-state index is 0.373. The van der Waals surface area contributed by atoms with Crippen LogP contribution in [0, 0.1) is 0 Å². The molecule has 0 aliphatic rings. The molecule has 332 valence electrons. The van der Waals surface area contributed by atoms with E-state index in [2.05, 4.69) is 124 Å². The van der Waals surface area contributed by atoms with E-state index in [4.69, 9.17) is 27.0 Å². The number of benzene rings is 2. The predicted molar refractivity (Wildman–Crippen MR) is 258 cm³/mol. The Morgan fingerprint density at radius 3 is 1.15 bits per heavy atom. The van der Waals surface area contributed by atoms with Crippen molar-refractivity contribution in [2.24, 2.45) is 0 Å². The van der Waals surface area contributed by atoms with Gasteiger partial charge in [0.1, 0.15) is 0 Å². The van der Waals surface area contributed by atoms with Crippen LogP contribution in [0.1, 0.15) is 194 Å². The van der Waals surface area contributed by atoms with Gasteiger partial charge in [0.15, 0.2) is 11.6 Å². The van der Waals surface area contributed by atoms with Crippen molar-refractivity contribution in [3.8, 4) is 22.5 Å². The quantitative estimate of drug-likeness (QED) is 0.145. The van der Waals surface area contributed by atoms with Crippen LogP contribution >= 0.6 is 17.0 Å². The van der Waals surface area contributed by atoms with E-state index in [1.807, 2.05) is 73.8 Å². The van der Waals surface area contributed by atoms with Gasteiger partial charge in [-0.2, -0.15) is 0 Å². The summed E-state index contributed by atoms with van der Waals surface area (Å²) in [4.78, 5) is 11.9. The molecule has 10 heteroatoms. The van der Waals surface area contributed by atoms with E-state index in [1.54, 1.807) is 0 Å². The van der Waals surface area contributed by atoms with Gasteiger partial charge in [0.25, 0.3) is 0 Å². The summed E-state index contributed by atoms with van der Waals surface area (Å²) in [6, 6.07) is 19.4. The normalized spacial score (nSPS) is 11.9. The molecule has 4 aromatic rings. The molecule has 0 atom stereocenters. The summed E-state index contributed by atoms with van der Waals surface area (Å²) >= 11 is -0.826. The summed E-state index contributed by atoms with van der Waals surface area (Å²) in [5.41, 5.74) is 12.5. The summed E-state index contributed by atoms with van der Waals surface area (Å²) in [5, 5.41) is 24.0. The van der Waals surface area contributed by atoms with Gasteiger partial charge in [-0.25, -0.2) is 20.1 Å². The van der Waals surface area contributed by atoms with Crippen LogP contribution in [0.3, 0.4) is 0 Å². The van der Waals surface area contributed by atoms with Crippen LogP contribution in [0.25, 0.3) is 22.5 Å². The van der Waals surface area contributed by atoms with Crippen molar-refractivity contribution in [3.05, 3.63) is 88.0 Å². The van der Waals surface area contributed by atoms with Crippen LogP contribution in [0.2, 0.25) is 0 Å². The number of halogens is 2. The third-order valence-corrected chi connectivity index (χ3v) is 10.5. The van der Waals surface area contributed by atoms with Gasteiger partial charge in [-0.05, 0) is 129 Å². The second-order valence-corrected chi connectivity index (χ2v) is 23.7. The molecule has 0 saturated carbocycles. The Labute approximate surface area is 383 Å². The fraction of sp³-hybridized carbons (Fsp3) is 0.560. The monoisotopic (exact) mass is 939 g/mol. The van der Waals surface area contributed by atoms with Gasteiger partial charge in [0, 0.05) is 37.0 Å². The van der Waals surface area contributed by atoms with E-state index < -0.39 is 31.9 Å². The van der Waals surface area contributed by atoms with Gasteiger partial charge in [-0.15, -0.1) is 0 Å². The van der Waals surface area contributed by atoms with Crippen LogP contribution in [0.15, 0.2) is 54.6 Å². The maximum atomic E-state index is 10.9. The molecule has 2 N–H and O–H groups in total. The Balaban J connectivity index is 0.000000390. The zero-order chi connectivity index (χ0) is 46.2. The Morgan fingerprint density at radius 2 is 0.833 bits per heavy atom. The van der Waals surface area contributed by atoms with E-state index in [0.29, 0.717) is 47.1 Å². The van der Waals surface area contributed by atoms with Crippen molar-refractivity contribution in [1.29, 1.82) is 0 Å². The van der Waals surface area contributed by atoms with Gasteiger partial charge in [0.05, 0.1) is 22.5 Å². The number of aromatic nitrogens is 2. The van der Waals surface area contributed by atoms with E-state index in [1.165, 1.54) is 54.6 Å². The summed E-state index contributed by atoms with van der Waals surface area (Å²) in [6.45, 7) is 38.8. The van der Waals surface area contributed by atoms with Crippen molar-refractivity contribution in [2.75, 3.05) is 29.1 Å². The third-order valence-electron chi connectivity index (χ3n) is 10.5. The van der Waals surface area contributed by atoms with Crippen molar-refractivity contribution in [1.82, 2.24) is 9.97 Å². The first kappa shape index (κ1) is 53.7. The molecule has 0 fully saturated rings. The summed E-state index contributed by atoms with van der Waals surface area (Å²) < 4.78 is 0. The van der Waals surface area contributed by atoms with Crippen LogP contribution in [-0.2, 0) is 20.8 Å². The van der Waals surface area contributed by atoms with Crippen molar-refractivity contribution >= 4 is 34.3 Å². The zero-order valence-corrected chi connectivity index (χ0v) is 44.5. The number of nitrogens with zero attached hydrogens (tertiary/aromatic N) is 5. The molecular weight excluding hydrogens is 865 g/mol. The molecule has 0 aliphatic heterocycles. The van der Waals surface area contributed by atoms with Gasteiger partial charge in [-0.1, -0.05) is 113 Å². The van der Waals surface area contributed by atoms with Crippen LogP contribution in [0.5, 0.6) is 0 Å². The second-order valence-electron chi connectivity index (χ2n) is 20.0. The number of hydrogen-bond acceptors (Lipinski definition) is 7. The van der Waals surface area contributed by atoms with E-state index in [0.717, 1.165) is 17.1 Å². The van der Waals surface area contributed by atoms with Gasteiger partial charge >= 0.3 is 37.9 Å². The number of pyridine rings is 2. The number of anilines is 3. The Bertz CT molecular complexity index is 1920. The van der Waals surface area contributed by atoms with E-state index in [9.17, 15) is 10.4 Å². The summed E-state index contributed by atoms with van der Waals surface area (Å²) in [6.07, 6.45) is 0. The molecule has 0 amide bonds. The Kier molecular flexibility index (Phi) is 20.3. The Hall–Kier alpha value is -2.48. The van der Waals surface area contributed by atoms with Crippen LogP contribution < -0.4 is 15.0 Å². The summed E-state index contributed by atoms with van der Waals surface area (Å²) in [5.74, 6) is 3.65. The number of rotatable bonds is 11. The molecule has 4 rings (SSSR count). The van der Waals surface area contributed by atoms with Crippen LogP contribution in [0.4, 0.5) is 17.3 Å². The van der Waals surface area contributed by atoms with Crippen molar-refractivity contribution in [3.63, 3.8) is 0 Å². The molecule has 0 saturated heterocycles. The fourth-order valence-electron chi connectivity index (χ4n) is 6.87. The molecule has 7 nitrogen and oxygen atoms in total. The first-order chi connectivity index (χ1) is 27.6. The van der Waals surface area contributed by atoms with Gasteiger partial charge in [0.2, 0.25) is 0 Å². The average Bonchev–Trinajstić information content (AvgIpc) is 3.15. The molecule has 2 aromatic carbocycles. The molecule has 0 unspecified atom stereocenters. The van der Waals surface area contributed by atoms with E-state index in [-0.39, 0.29) is 0 Å². The fourth-order valence-corrected chi connectivity index (χ4v) is 6.87. The standard InChI is InChI=1S/C26H41N3O.C24H36N2O.2ClH.Zr/c1-16(2)19-12-21(17(3)4)25(22(13-19)18(5)6)23-14-20(28(10)11)15-24(27-23)29(30)26(7,8)9;1-15(2)18-13-19(16(3)4)23(20(14-18)17(5)6)21-11-10-12-22(25-21)26(27)24(7,8)9;;;/h12-18,30H,1-11H3;10-17,27H,1-9H3;2*1H;/q;;;;+2/p-2. The first-order valence-electron chi connectivity index (χ1n) is 21.6. The molecule has 0 aliphatic carbocycles. The number of hydroxylamine groups is 2. The third kappa shape index (κ3) is 14.3. The minimum atomic E-state index is -0.826. The van der Waals surface area contributed by atoms with Crippen LogP contribution in [-0.4, -0.2) is 45.6 Å². The molecule has 60 heavy (non-hydrogen) atoms. The van der Waals surface area contributed by atoms with Gasteiger partial charge in [-0.3, -0.25) is 10.4 Å².